The molecule has 1 aromatic rings. The van der Waals surface area contributed by atoms with Crippen LogP contribution in [-0.4, -0.2) is 35.1 Å². The Kier molecular flexibility index (Phi) is 5.01. The molecule has 110 valence electrons. The Bertz CT molecular complexity index is 468. The van der Waals surface area contributed by atoms with Gasteiger partial charge in [0, 0.05) is 18.3 Å². The molecule has 0 atom stereocenters. The Morgan fingerprint density at radius 2 is 2.05 bits per heavy atom. The average molecular weight is 276 g/mol. The van der Waals surface area contributed by atoms with Gasteiger partial charge in [-0.15, -0.1) is 0 Å². The number of aliphatic hydroxyl groups is 1. The van der Waals surface area contributed by atoms with Gasteiger partial charge in [0.1, 0.15) is 0 Å². The van der Waals surface area contributed by atoms with E-state index in [1.54, 1.807) is 6.07 Å². The average Bonchev–Trinajstić information content (AvgIpc) is 2.47. The molecule has 1 aliphatic carbocycles. The van der Waals surface area contributed by atoms with Crippen molar-refractivity contribution in [2.75, 3.05) is 18.9 Å². The molecule has 0 heterocycles. The molecular weight excluding hydrogens is 252 g/mol. The first-order valence-corrected chi connectivity index (χ1v) is 7.41. The molecule has 1 saturated carbocycles. The summed E-state index contributed by atoms with van der Waals surface area (Å²) in [6, 6.07) is 5.76. The fraction of sp³-hybridized carbons (Fsp3) is 0.562. The van der Waals surface area contributed by atoms with Crippen LogP contribution >= 0.6 is 0 Å². The molecule has 0 unspecified atom stereocenters. The van der Waals surface area contributed by atoms with E-state index in [1.807, 2.05) is 24.0 Å². The first-order chi connectivity index (χ1) is 9.63. The number of hydrogen-bond acceptors (Lipinski definition) is 3. The summed E-state index contributed by atoms with van der Waals surface area (Å²) in [5.41, 5.74) is 8.04. The van der Waals surface area contributed by atoms with Gasteiger partial charge in [-0.3, -0.25) is 4.79 Å². The summed E-state index contributed by atoms with van der Waals surface area (Å²) in [5.74, 6) is -0.0489. The van der Waals surface area contributed by atoms with Gasteiger partial charge in [-0.25, -0.2) is 0 Å². The molecule has 0 bridgehead atoms. The topological polar surface area (TPSA) is 66.6 Å². The van der Waals surface area contributed by atoms with Crippen LogP contribution in [0.5, 0.6) is 0 Å². The summed E-state index contributed by atoms with van der Waals surface area (Å²) in [6.45, 7) is 2.33. The number of carbonyl (C=O) groups excluding carboxylic acids is 1. The van der Waals surface area contributed by atoms with Crippen molar-refractivity contribution >= 4 is 11.6 Å². The van der Waals surface area contributed by atoms with E-state index in [1.165, 1.54) is 6.42 Å². The highest BCUT2D eigenvalue weighted by molar-refractivity contribution is 5.99. The number of nitrogens with two attached hydrogens (primary N) is 1. The summed E-state index contributed by atoms with van der Waals surface area (Å²) in [5, 5.41) is 9.26. The minimum atomic E-state index is -0.0489. The Morgan fingerprint density at radius 3 is 2.70 bits per heavy atom. The van der Waals surface area contributed by atoms with Gasteiger partial charge in [-0.1, -0.05) is 30.9 Å². The molecule has 1 fully saturated rings. The van der Waals surface area contributed by atoms with E-state index in [9.17, 15) is 9.90 Å². The molecule has 4 heteroatoms. The quantitative estimate of drug-likeness (QED) is 0.830. The van der Waals surface area contributed by atoms with Gasteiger partial charge in [0.15, 0.2) is 0 Å². The van der Waals surface area contributed by atoms with E-state index in [0.717, 1.165) is 31.2 Å². The van der Waals surface area contributed by atoms with E-state index < -0.39 is 0 Å². The molecule has 1 amide bonds. The Morgan fingerprint density at radius 1 is 1.35 bits per heavy atom. The second kappa shape index (κ2) is 6.75. The van der Waals surface area contributed by atoms with Crippen LogP contribution in [0.1, 0.15) is 48.0 Å². The number of benzene rings is 1. The second-order valence-corrected chi connectivity index (χ2v) is 5.60. The number of aliphatic hydroxyl groups excluding tert-OH is 1. The lowest BCUT2D eigenvalue weighted by atomic mass is 9.93. The fourth-order valence-corrected chi connectivity index (χ4v) is 2.96. The highest BCUT2D eigenvalue weighted by Gasteiger charge is 2.26. The van der Waals surface area contributed by atoms with Crippen molar-refractivity contribution in [3.8, 4) is 0 Å². The lowest BCUT2D eigenvalue weighted by molar-refractivity contribution is 0.0586. The van der Waals surface area contributed by atoms with Crippen molar-refractivity contribution < 1.29 is 9.90 Å². The van der Waals surface area contributed by atoms with Crippen LogP contribution in [0.15, 0.2) is 18.2 Å². The molecule has 3 N–H and O–H groups in total. The number of aryl methyl sites for hydroxylation is 1. The van der Waals surface area contributed by atoms with E-state index in [0.29, 0.717) is 17.8 Å². The highest BCUT2D eigenvalue weighted by Crippen LogP contribution is 2.25. The van der Waals surface area contributed by atoms with E-state index in [-0.39, 0.29) is 18.6 Å². The molecule has 0 saturated heterocycles. The lowest BCUT2D eigenvalue weighted by Gasteiger charge is -2.34. The lowest BCUT2D eigenvalue weighted by Crippen LogP contribution is -2.43. The van der Waals surface area contributed by atoms with Crippen molar-refractivity contribution in [3.05, 3.63) is 29.3 Å². The highest BCUT2D eigenvalue weighted by atomic mass is 16.3. The Balaban J connectivity index is 2.23. The molecule has 1 aromatic carbocycles. The minimum Gasteiger partial charge on any atom is -0.398 e. The van der Waals surface area contributed by atoms with Crippen molar-refractivity contribution in [1.82, 2.24) is 4.90 Å². The molecule has 20 heavy (non-hydrogen) atoms. The Labute approximate surface area is 120 Å². The maximum atomic E-state index is 12.7. The van der Waals surface area contributed by atoms with Crippen LogP contribution in [0.4, 0.5) is 5.69 Å². The number of amides is 1. The van der Waals surface area contributed by atoms with Gasteiger partial charge in [-0.05, 0) is 31.9 Å². The molecular formula is C16H24N2O2. The summed E-state index contributed by atoms with van der Waals surface area (Å²) in [4.78, 5) is 14.6. The van der Waals surface area contributed by atoms with Crippen molar-refractivity contribution in [2.45, 2.75) is 45.1 Å². The van der Waals surface area contributed by atoms with Gasteiger partial charge in [0.05, 0.1) is 12.2 Å². The van der Waals surface area contributed by atoms with E-state index >= 15 is 0 Å². The van der Waals surface area contributed by atoms with Crippen LogP contribution in [-0.2, 0) is 0 Å². The summed E-state index contributed by atoms with van der Waals surface area (Å²) in [7, 11) is 0. The summed E-state index contributed by atoms with van der Waals surface area (Å²) < 4.78 is 0. The van der Waals surface area contributed by atoms with Gasteiger partial charge < -0.3 is 15.7 Å². The standard InChI is InChI=1S/C16H24N2O2/c1-12-7-8-15(17)14(11-12)16(20)18(9-10-19)13-5-3-2-4-6-13/h7-8,11,13,19H,2-6,9-10,17H2,1H3. The number of carbonyl (C=O) groups is 1. The zero-order valence-electron chi connectivity index (χ0n) is 12.1. The van der Waals surface area contributed by atoms with Crippen LogP contribution in [0.3, 0.4) is 0 Å². The van der Waals surface area contributed by atoms with Crippen molar-refractivity contribution in [1.29, 1.82) is 0 Å². The number of anilines is 1. The van der Waals surface area contributed by atoms with Gasteiger partial charge in [0.25, 0.3) is 5.91 Å². The largest absolute Gasteiger partial charge is 0.398 e. The predicted molar refractivity (Wildman–Crippen MR) is 80.6 cm³/mol. The molecule has 0 radical (unpaired) electrons. The van der Waals surface area contributed by atoms with Crippen LogP contribution < -0.4 is 5.73 Å². The van der Waals surface area contributed by atoms with Gasteiger partial charge in [-0.2, -0.15) is 0 Å². The number of nitrogen functional groups attached to an aromatic ring is 1. The van der Waals surface area contributed by atoms with Gasteiger partial charge >= 0.3 is 0 Å². The van der Waals surface area contributed by atoms with E-state index in [4.69, 9.17) is 5.73 Å². The van der Waals surface area contributed by atoms with Crippen LogP contribution in [0.2, 0.25) is 0 Å². The molecule has 0 aromatic heterocycles. The predicted octanol–water partition coefficient (Wildman–Crippen LogP) is 2.34. The first kappa shape index (κ1) is 14.9. The monoisotopic (exact) mass is 276 g/mol. The second-order valence-electron chi connectivity index (χ2n) is 5.60. The third kappa shape index (κ3) is 3.31. The van der Waals surface area contributed by atoms with Gasteiger partial charge in [0.2, 0.25) is 0 Å². The molecule has 1 aliphatic rings. The SMILES string of the molecule is Cc1ccc(N)c(C(=O)N(CCO)C2CCCCC2)c1. The zero-order chi connectivity index (χ0) is 14.5. The Hall–Kier alpha value is -1.55. The third-order valence-corrected chi connectivity index (χ3v) is 4.06. The van der Waals surface area contributed by atoms with Crippen LogP contribution in [0.25, 0.3) is 0 Å². The molecule has 0 spiro atoms. The minimum absolute atomic E-state index is 0.00599. The number of nitrogens with zero attached hydrogens (tertiary/aromatic N) is 1. The fourth-order valence-electron chi connectivity index (χ4n) is 2.96. The number of hydrogen-bond donors (Lipinski definition) is 2. The van der Waals surface area contributed by atoms with Crippen molar-refractivity contribution in [3.63, 3.8) is 0 Å². The zero-order valence-corrected chi connectivity index (χ0v) is 12.1. The maximum absolute atomic E-state index is 12.7. The van der Waals surface area contributed by atoms with E-state index in [2.05, 4.69) is 0 Å². The normalized spacial score (nSPS) is 16.1. The van der Waals surface area contributed by atoms with Crippen molar-refractivity contribution in [2.24, 2.45) is 0 Å². The smallest absolute Gasteiger partial charge is 0.256 e. The third-order valence-electron chi connectivity index (χ3n) is 4.06. The summed E-state index contributed by atoms with van der Waals surface area (Å²) in [6.07, 6.45) is 5.60. The van der Waals surface area contributed by atoms with Crippen LogP contribution in [0, 0.1) is 6.92 Å². The first-order valence-electron chi connectivity index (χ1n) is 7.41. The molecule has 2 rings (SSSR count). The summed E-state index contributed by atoms with van der Waals surface area (Å²) >= 11 is 0. The molecule has 0 aliphatic heterocycles. The molecule has 4 nitrogen and oxygen atoms in total. The number of rotatable bonds is 4. The maximum Gasteiger partial charge on any atom is 0.256 e.